The zero-order chi connectivity index (χ0) is 32.1. The number of carbonyl (C=O) groups is 1. The van der Waals surface area contributed by atoms with E-state index in [1.165, 1.54) is 7.11 Å². The van der Waals surface area contributed by atoms with Crippen LogP contribution in [0.15, 0.2) is 36.4 Å². The van der Waals surface area contributed by atoms with Crippen molar-refractivity contribution < 1.29 is 27.1 Å². The van der Waals surface area contributed by atoms with Crippen LogP contribution in [0.2, 0.25) is 0 Å². The normalized spacial score (nSPS) is 20.4. The van der Waals surface area contributed by atoms with Crippen molar-refractivity contribution in [2.24, 2.45) is 0 Å². The minimum atomic E-state index is -3.22. The van der Waals surface area contributed by atoms with Crippen molar-refractivity contribution in [2.75, 3.05) is 64.6 Å². The molecule has 45 heavy (non-hydrogen) atoms. The highest BCUT2D eigenvalue weighted by Crippen LogP contribution is 2.42. The van der Waals surface area contributed by atoms with Gasteiger partial charge in [-0.1, -0.05) is 24.0 Å². The Kier molecular flexibility index (Phi) is 10.7. The molecule has 3 N–H and O–H groups in total. The van der Waals surface area contributed by atoms with Crippen LogP contribution in [0.4, 0.5) is 28.9 Å². The molecule has 1 amide bonds. The number of benzene rings is 2. The van der Waals surface area contributed by atoms with Gasteiger partial charge in [-0.15, -0.1) is 11.3 Å². The van der Waals surface area contributed by atoms with Crippen LogP contribution < -0.4 is 20.7 Å². The fourth-order valence-electron chi connectivity index (χ4n) is 5.83. The number of piperidine rings is 2. The van der Waals surface area contributed by atoms with E-state index >= 15 is 0 Å². The number of anilines is 2. The Bertz CT molecular complexity index is 1550. The van der Waals surface area contributed by atoms with E-state index in [1.807, 2.05) is 11.9 Å². The van der Waals surface area contributed by atoms with Gasteiger partial charge in [-0.2, -0.15) is 0 Å². The smallest absolute Gasteiger partial charge is 0.273 e. The maximum Gasteiger partial charge on any atom is 0.273 e. The average Bonchev–Trinajstić information content (AvgIpc) is 3.40. The van der Waals surface area contributed by atoms with Crippen molar-refractivity contribution in [3.63, 3.8) is 0 Å². The third-order valence-electron chi connectivity index (χ3n) is 8.42. The SMILES string of the molecule is COc1cc(C(=O)NC2CCN(C)CC2)ccc1NCC#Cc1sc2c(NC3CCN(C)CC3F)cccc2c1C(F)C(F)F. The average molecular weight is 646 g/mol. The van der Waals surface area contributed by atoms with Gasteiger partial charge in [0, 0.05) is 35.6 Å². The third-order valence-corrected chi connectivity index (χ3v) is 9.59. The number of nitrogens with zero attached hydrogens (tertiary/aromatic N) is 2. The maximum absolute atomic E-state index is 15.0. The Hall–Kier alpha value is -3.53. The third kappa shape index (κ3) is 7.83. The van der Waals surface area contributed by atoms with Gasteiger partial charge in [-0.05, 0) is 70.7 Å². The molecular weight excluding hydrogens is 606 g/mol. The monoisotopic (exact) mass is 645 g/mol. The Balaban J connectivity index is 1.31. The van der Waals surface area contributed by atoms with Crippen molar-refractivity contribution in [1.82, 2.24) is 15.1 Å². The van der Waals surface area contributed by atoms with Gasteiger partial charge in [0.05, 0.1) is 40.6 Å². The lowest BCUT2D eigenvalue weighted by Crippen LogP contribution is -2.46. The molecule has 0 radical (unpaired) electrons. The number of rotatable bonds is 9. The summed E-state index contributed by atoms with van der Waals surface area (Å²) in [6.45, 7) is 3.01. The summed E-state index contributed by atoms with van der Waals surface area (Å²) in [5, 5.41) is 9.80. The number of alkyl halides is 4. The summed E-state index contributed by atoms with van der Waals surface area (Å²) in [7, 11) is 5.43. The highest BCUT2D eigenvalue weighted by molar-refractivity contribution is 7.20. The molecule has 2 saturated heterocycles. The van der Waals surface area contributed by atoms with Crippen molar-refractivity contribution >= 4 is 38.7 Å². The van der Waals surface area contributed by atoms with E-state index in [1.54, 1.807) is 36.4 Å². The number of amides is 1. The number of carbonyl (C=O) groups excluding carboxylic acids is 1. The standard InChI is InChI=1S/C33H39F4N5O2S/c1-41-15-11-21(12-16-41)39-33(43)20-9-10-25(27(18-20)44-3)38-14-5-8-28-29(30(35)32(36)37)22-6-4-7-26(31(22)45-28)40-24-13-17-42(2)19-23(24)34/h4,6-7,9-10,18,21,23-24,30,32,38,40H,11-17,19H2,1-3H3,(H,39,43). The number of halogens is 4. The van der Waals surface area contributed by atoms with E-state index in [-0.39, 0.29) is 28.9 Å². The summed E-state index contributed by atoms with van der Waals surface area (Å²) in [6, 6.07) is 9.78. The first-order valence-corrected chi connectivity index (χ1v) is 15.9. The minimum absolute atomic E-state index is 0.112. The molecular formula is C33H39F4N5O2S. The second kappa shape index (κ2) is 14.7. The molecule has 3 aromatic rings. The molecule has 12 heteroatoms. The number of hydrogen-bond acceptors (Lipinski definition) is 7. The number of hydrogen-bond donors (Lipinski definition) is 3. The second-order valence-electron chi connectivity index (χ2n) is 11.7. The number of likely N-dealkylation sites (tertiary alicyclic amines) is 2. The van der Waals surface area contributed by atoms with E-state index < -0.39 is 24.8 Å². The van der Waals surface area contributed by atoms with Crippen LogP contribution in [0.25, 0.3) is 10.1 Å². The summed E-state index contributed by atoms with van der Waals surface area (Å²) >= 11 is 1.12. The summed E-state index contributed by atoms with van der Waals surface area (Å²) in [5.41, 5.74) is 1.50. The molecule has 2 aromatic carbocycles. The molecule has 1 aromatic heterocycles. The second-order valence-corrected chi connectivity index (χ2v) is 12.7. The molecule has 0 aliphatic carbocycles. The Labute approximate surface area is 265 Å². The van der Waals surface area contributed by atoms with Crippen molar-refractivity contribution in [2.45, 2.75) is 50.1 Å². The van der Waals surface area contributed by atoms with Crippen LogP contribution in [0.3, 0.4) is 0 Å². The molecule has 242 valence electrons. The van der Waals surface area contributed by atoms with Gasteiger partial charge in [-0.3, -0.25) is 4.79 Å². The lowest BCUT2D eigenvalue weighted by atomic mass is 10.0. The fraction of sp³-hybridized carbons (Fsp3) is 0.485. The zero-order valence-corrected chi connectivity index (χ0v) is 26.5. The largest absolute Gasteiger partial charge is 0.495 e. The summed E-state index contributed by atoms with van der Waals surface area (Å²) in [5.74, 6) is 6.09. The summed E-state index contributed by atoms with van der Waals surface area (Å²) < 4.78 is 63.1. The van der Waals surface area contributed by atoms with Crippen LogP contribution in [-0.2, 0) is 0 Å². The van der Waals surface area contributed by atoms with Crippen LogP contribution >= 0.6 is 11.3 Å². The minimum Gasteiger partial charge on any atom is -0.495 e. The quantitative estimate of drug-likeness (QED) is 0.198. The molecule has 7 nitrogen and oxygen atoms in total. The highest BCUT2D eigenvalue weighted by atomic mass is 32.1. The Morgan fingerprint density at radius 1 is 1.07 bits per heavy atom. The van der Waals surface area contributed by atoms with Crippen molar-refractivity contribution in [3.8, 4) is 17.6 Å². The predicted molar refractivity (Wildman–Crippen MR) is 172 cm³/mol. The molecule has 2 aliphatic rings. The topological polar surface area (TPSA) is 68.9 Å². The molecule has 2 fully saturated rings. The molecule has 3 unspecified atom stereocenters. The van der Waals surface area contributed by atoms with E-state index in [4.69, 9.17) is 4.74 Å². The molecule has 3 atom stereocenters. The van der Waals surface area contributed by atoms with Gasteiger partial charge in [0.15, 0.2) is 6.17 Å². The lowest BCUT2D eigenvalue weighted by Gasteiger charge is -2.33. The summed E-state index contributed by atoms with van der Waals surface area (Å²) in [4.78, 5) is 17.2. The van der Waals surface area contributed by atoms with Crippen LogP contribution in [0.5, 0.6) is 5.75 Å². The molecule has 3 heterocycles. The van der Waals surface area contributed by atoms with E-state index in [9.17, 15) is 22.4 Å². The van der Waals surface area contributed by atoms with E-state index in [0.29, 0.717) is 45.7 Å². The highest BCUT2D eigenvalue weighted by Gasteiger charge is 2.31. The van der Waals surface area contributed by atoms with Gasteiger partial charge in [0.2, 0.25) is 0 Å². The number of fused-ring (bicyclic) bond motifs is 1. The molecule has 5 rings (SSSR count). The molecule has 2 aliphatic heterocycles. The van der Waals surface area contributed by atoms with E-state index in [0.717, 1.165) is 43.8 Å². The zero-order valence-electron chi connectivity index (χ0n) is 25.6. The first kappa shape index (κ1) is 32.9. The summed E-state index contributed by atoms with van der Waals surface area (Å²) in [6.07, 6.45) is -4.46. The van der Waals surface area contributed by atoms with Gasteiger partial charge in [-0.25, -0.2) is 17.6 Å². The fourth-order valence-corrected chi connectivity index (χ4v) is 7.01. The Morgan fingerprint density at radius 3 is 2.53 bits per heavy atom. The lowest BCUT2D eigenvalue weighted by molar-refractivity contribution is 0.0504. The Morgan fingerprint density at radius 2 is 1.82 bits per heavy atom. The number of methoxy groups -OCH3 is 1. The maximum atomic E-state index is 15.0. The van der Waals surface area contributed by atoms with Crippen molar-refractivity contribution in [3.05, 3.63) is 52.4 Å². The number of ether oxygens (including phenoxy) is 1. The van der Waals surface area contributed by atoms with Crippen molar-refractivity contribution in [1.29, 1.82) is 0 Å². The first-order chi connectivity index (χ1) is 21.6. The van der Waals surface area contributed by atoms with Gasteiger partial charge >= 0.3 is 0 Å². The van der Waals surface area contributed by atoms with Crippen LogP contribution in [-0.4, -0.2) is 94.3 Å². The van der Waals surface area contributed by atoms with Crippen LogP contribution in [0.1, 0.15) is 46.2 Å². The molecule has 0 spiro atoms. The van der Waals surface area contributed by atoms with Crippen LogP contribution in [0, 0.1) is 11.8 Å². The molecule has 0 saturated carbocycles. The molecule has 0 bridgehead atoms. The van der Waals surface area contributed by atoms with Gasteiger partial charge in [0.25, 0.3) is 12.3 Å². The van der Waals surface area contributed by atoms with E-state index in [2.05, 4.69) is 39.7 Å². The first-order valence-electron chi connectivity index (χ1n) is 15.1. The van der Waals surface area contributed by atoms with Gasteiger partial charge < -0.3 is 30.5 Å². The number of nitrogens with one attached hydrogen (secondary N) is 3. The predicted octanol–water partition coefficient (Wildman–Crippen LogP) is 5.93. The number of thiophene rings is 1. The van der Waals surface area contributed by atoms with Gasteiger partial charge in [0.1, 0.15) is 11.9 Å².